The summed E-state index contributed by atoms with van der Waals surface area (Å²) < 4.78 is 7.66. The Bertz CT molecular complexity index is 912. The van der Waals surface area contributed by atoms with E-state index >= 15 is 0 Å². The number of ether oxygens (including phenoxy) is 1. The third-order valence-corrected chi connectivity index (χ3v) is 4.90. The highest BCUT2D eigenvalue weighted by atomic mass is 35.5. The van der Waals surface area contributed by atoms with E-state index in [1.165, 1.54) is 11.8 Å². The Morgan fingerprint density at radius 1 is 1.22 bits per heavy atom. The number of aromatic nitrogens is 3. The molecule has 0 fully saturated rings. The van der Waals surface area contributed by atoms with Crippen LogP contribution in [0.1, 0.15) is 19.9 Å². The van der Waals surface area contributed by atoms with Gasteiger partial charge in [-0.15, -0.1) is 10.2 Å². The minimum atomic E-state index is -0.113. The van der Waals surface area contributed by atoms with Gasteiger partial charge in [0.1, 0.15) is 17.8 Å². The van der Waals surface area contributed by atoms with Gasteiger partial charge in [-0.3, -0.25) is 4.79 Å². The van der Waals surface area contributed by atoms with Crippen molar-refractivity contribution in [3.8, 4) is 11.5 Å². The van der Waals surface area contributed by atoms with Crippen LogP contribution in [0.4, 0.5) is 5.69 Å². The minimum Gasteiger partial charge on any atom is -0.456 e. The van der Waals surface area contributed by atoms with E-state index < -0.39 is 0 Å². The second-order valence-corrected chi connectivity index (χ2v) is 7.36. The number of thioether (sulfide) groups is 1. The first-order valence-corrected chi connectivity index (χ1v) is 9.74. The molecule has 0 saturated carbocycles. The minimum absolute atomic E-state index is 0.113. The van der Waals surface area contributed by atoms with E-state index in [0.717, 1.165) is 5.16 Å². The lowest BCUT2D eigenvalue weighted by molar-refractivity contribution is -0.113. The Kier molecular flexibility index (Phi) is 6.36. The topological polar surface area (TPSA) is 69.0 Å². The molecule has 6 nitrogen and oxygen atoms in total. The maximum atomic E-state index is 12.2. The summed E-state index contributed by atoms with van der Waals surface area (Å²) in [5, 5.41) is 12.1. The van der Waals surface area contributed by atoms with Crippen molar-refractivity contribution in [2.75, 3.05) is 11.1 Å². The molecule has 0 aliphatic heterocycles. The van der Waals surface area contributed by atoms with Crippen LogP contribution in [-0.2, 0) is 4.79 Å². The fourth-order valence-electron chi connectivity index (χ4n) is 2.28. The third-order valence-electron chi connectivity index (χ3n) is 3.63. The fourth-order valence-corrected chi connectivity index (χ4v) is 3.30. The summed E-state index contributed by atoms with van der Waals surface area (Å²) in [6.07, 6.45) is 1.67. The lowest BCUT2D eigenvalue weighted by Crippen LogP contribution is -2.14. The van der Waals surface area contributed by atoms with Gasteiger partial charge in [-0.25, -0.2) is 0 Å². The molecule has 0 saturated heterocycles. The normalized spacial score (nSPS) is 10.8. The number of nitrogens with zero attached hydrogens (tertiary/aromatic N) is 3. The van der Waals surface area contributed by atoms with Crippen molar-refractivity contribution in [3.05, 3.63) is 59.9 Å². The molecule has 0 spiro atoms. The molecule has 0 unspecified atom stereocenters. The first kappa shape index (κ1) is 19.3. The van der Waals surface area contributed by atoms with Crippen molar-refractivity contribution in [1.29, 1.82) is 0 Å². The average Bonchev–Trinajstić information content (AvgIpc) is 3.12. The summed E-state index contributed by atoms with van der Waals surface area (Å²) in [5.41, 5.74) is 0.692. The largest absolute Gasteiger partial charge is 0.456 e. The van der Waals surface area contributed by atoms with Crippen molar-refractivity contribution in [2.24, 2.45) is 0 Å². The Morgan fingerprint density at radius 2 is 1.96 bits per heavy atom. The van der Waals surface area contributed by atoms with Gasteiger partial charge in [0.2, 0.25) is 5.91 Å². The number of nitrogens with one attached hydrogen (secondary N) is 1. The number of anilines is 1. The van der Waals surface area contributed by atoms with E-state index in [-0.39, 0.29) is 17.7 Å². The van der Waals surface area contributed by atoms with Crippen LogP contribution in [0, 0.1) is 0 Å². The first-order valence-electron chi connectivity index (χ1n) is 8.37. The zero-order valence-corrected chi connectivity index (χ0v) is 16.5. The monoisotopic (exact) mass is 402 g/mol. The molecule has 27 heavy (non-hydrogen) atoms. The van der Waals surface area contributed by atoms with Crippen LogP contribution in [0.3, 0.4) is 0 Å². The number of para-hydroxylation sites is 1. The maximum absolute atomic E-state index is 12.2. The van der Waals surface area contributed by atoms with Gasteiger partial charge in [-0.1, -0.05) is 35.5 Å². The molecule has 1 aromatic heterocycles. The standard InChI is InChI=1S/C19H19ClN4O2S/c1-13(2)24-12-21-23-19(24)27-11-18(25)22-14-7-9-15(10-8-14)26-17-6-4-3-5-16(17)20/h3-10,12-13H,11H2,1-2H3,(H,22,25). The number of hydrogen-bond donors (Lipinski definition) is 1. The lowest BCUT2D eigenvalue weighted by Gasteiger charge is -2.10. The molecule has 3 rings (SSSR count). The van der Waals surface area contributed by atoms with E-state index in [2.05, 4.69) is 15.5 Å². The molecular formula is C19H19ClN4O2S. The highest BCUT2D eigenvalue weighted by molar-refractivity contribution is 7.99. The molecule has 0 bridgehead atoms. The van der Waals surface area contributed by atoms with Gasteiger partial charge < -0.3 is 14.6 Å². The Hall–Kier alpha value is -2.51. The summed E-state index contributed by atoms with van der Waals surface area (Å²) in [5.74, 6) is 1.36. The fraction of sp³-hybridized carbons (Fsp3) is 0.211. The van der Waals surface area contributed by atoms with Gasteiger partial charge in [0.15, 0.2) is 5.16 Å². The number of carbonyl (C=O) groups is 1. The zero-order valence-electron chi connectivity index (χ0n) is 14.9. The summed E-state index contributed by atoms with van der Waals surface area (Å²) in [4.78, 5) is 12.2. The third kappa shape index (κ3) is 5.24. The van der Waals surface area contributed by atoms with Gasteiger partial charge in [-0.2, -0.15) is 0 Å². The number of amides is 1. The molecule has 1 heterocycles. The number of hydrogen-bond acceptors (Lipinski definition) is 5. The summed E-state index contributed by atoms with van der Waals surface area (Å²) in [6.45, 7) is 4.08. The van der Waals surface area contributed by atoms with Crippen LogP contribution in [0.2, 0.25) is 5.02 Å². The number of carbonyl (C=O) groups excluding carboxylic acids is 1. The van der Waals surface area contributed by atoms with Crippen LogP contribution in [0.25, 0.3) is 0 Å². The zero-order chi connectivity index (χ0) is 19.2. The molecule has 0 aliphatic carbocycles. The smallest absolute Gasteiger partial charge is 0.234 e. The molecule has 0 aliphatic rings. The van der Waals surface area contributed by atoms with Gasteiger partial charge in [0.05, 0.1) is 10.8 Å². The molecule has 140 valence electrons. The number of rotatable bonds is 7. The van der Waals surface area contributed by atoms with Crippen molar-refractivity contribution in [2.45, 2.75) is 25.0 Å². The molecular weight excluding hydrogens is 384 g/mol. The summed E-state index contributed by atoms with van der Waals surface area (Å²) in [7, 11) is 0. The molecule has 0 atom stereocenters. The second kappa shape index (κ2) is 8.92. The van der Waals surface area contributed by atoms with Crippen LogP contribution in [0.15, 0.2) is 60.0 Å². The molecule has 1 amide bonds. The Labute approximate surface area is 166 Å². The Morgan fingerprint density at radius 3 is 2.67 bits per heavy atom. The molecule has 2 aromatic carbocycles. The second-order valence-electron chi connectivity index (χ2n) is 6.01. The van der Waals surface area contributed by atoms with Gasteiger partial charge in [-0.05, 0) is 50.2 Å². The quantitative estimate of drug-likeness (QED) is 0.561. The van der Waals surface area contributed by atoms with Gasteiger partial charge >= 0.3 is 0 Å². The van der Waals surface area contributed by atoms with E-state index in [9.17, 15) is 4.79 Å². The van der Waals surface area contributed by atoms with E-state index in [1.54, 1.807) is 42.7 Å². The van der Waals surface area contributed by atoms with Crippen molar-refractivity contribution in [3.63, 3.8) is 0 Å². The van der Waals surface area contributed by atoms with Crippen molar-refractivity contribution < 1.29 is 9.53 Å². The van der Waals surface area contributed by atoms with Crippen LogP contribution >= 0.6 is 23.4 Å². The lowest BCUT2D eigenvalue weighted by atomic mass is 10.3. The van der Waals surface area contributed by atoms with E-state index in [1.807, 2.05) is 30.5 Å². The van der Waals surface area contributed by atoms with Crippen LogP contribution < -0.4 is 10.1 Å². The predicted molar refractivity (Wildman–Crippen MR) is 108 cm³/mol. The number of halogens is 1. The highest BCUT2D eigenvalue weighted by Gasteiger charge is 2.11. The molecule has 8 heteroatoms. The molecule has 3 aromatic rings. The average molecular weight is 403 g/mol. The van der Waals surface area contributed by atoms with E-state index in [0.29, 0.717) is 22.2 Å². The molecule has 0 radical (unpaired) electrons. The summed E-state index contributed by atoms with van der Waals surface area (Å²) in [6, 6.07) is 14.6. The van der Waals surface area contributed by atoms with Gasteiger partial charge in [0, 0.05) is 11.7 Å². The predicted octanol–water partition coefficient (Wildman–Crippen LogP) is 5.04. The van der Waals surface area contributed by atoms with Crippen LogP contribution in [-0.4, -0.2) is 26.4 Å². The number of benzene rings is 2. The van der Waals surface area contributed by atoms with Crippen LogP contribution in [0.5, 0.6) is 11.5 Å². The first-order chi connectivity index (χ1) is 13.0. The SMILES string of the molecule is CC(C)n1cnnc1SCC(=O)Nc1ccc(Oc2ccccc2Cl)cc1. The summed E-state index contributed by atoms with van der Waals surface area (Å²) >= 11 is 7.44. The van der Waals surface area contributed by atoms with E-state index in [4.69, 9.17) is 16.3 Å². The van der Waals surface area contributed by atoms with Crippen molar-refractivity contribution >= 4 is 35.0 Å². The molecule has 1 N–H and O–H groups in total. The maximum Gasteiger partial charge on any atom is 0.234 e. The Balaban J connectivity index is 1.54. The highest BCUT2D eigenvalue weighted by Crippen LogP contribution is 2.29. The van der Waals surface area contributed by atoms with Crippen molar-refractivity contribution in [1.82, 2.24) is 14.8 Å². The van der Waals surface area contributed by atoms with Gasteiger partial charge in [0.25, 0.3) is 0 Å².